The number of carbonyl (C=O) groups excluding carboxylic acids is 1. The number of carboxylic acid groups (broad SMARTS) is 1. The Balaban J connectivity index is 2.06. The molecule has 2 aromatic rings. The second-order valence-electron chi connectivity index (χ2n) is 3.50. The lowest BCUT2D eigenvalue weighted by atomic mass is 10.3. The SMILES string of the molecule is O=C(O)CSc1nnc(NC(=O)c2cc(Br)cnc2Cl)s1. The summed E-state index contributed by atoms with van der Waals surface area (Å²) >= 11 is 11.2. The number of hydrogen-bond acceptors (Lipinski definition) is 7. The molecule has 0 saturated heterocycles. The minimum Gasteiger partial charge on any atom is -0.481 e. The van der Waals surface area contributed by atoms with Crippen LogP contribution in [0.2, 0.25) is 5.15 Å². The topological polar surface area (TPSA) is 105 Å². The molecular weight excluding hydrogens is 404 g/mol. The van der Waals surface area contributed by atoms with E-state index in [1.54, 1.807) is 0 Å². The van der Waals surface area contributed by atoms with Crippen LogP contribution >= 0.6 is 50.6 Å². The van der Waals surface area contributed by atoms with E-state index in [0.717, 1.165) is 23.1 Å². The van der Waals surface area contributed by atoms with Gasteiger partial charge in [0.25, 0.3) is 5.91 Å². The van der Waals surface area contributed by atoms with Gasteiger partial charge in [-0.2, -0.15) is 0 Å². The van der Waals surface area contributed by atoms with Gasteiger partial charge in [0.1, 0.15) is 5.15 Å². The Kier molecular flexibility index (Phi) is 5.51. The van der Waals surface area contributed by atoms with Gasteiger partial charge in [-0.05, 0) is 22.0 Å². The average Bonchev–Trinajstić information content (AvgIpc) is 2.86. The Morgan fingerprint density at radius 1 is 1.48 bits per heavy atom. The summed E-state index contributed by atoms with van der Waals surface area (Å²) in [4.78, 5) is 26.3. The molecule has 2 heterocycles. The Morgan fingerprint density at radius 2 is 2.24 bits per heavy atom. The summed E-state index contributed by atoms with van der Waals surface area (Å²) in [5.74, 6) is -1.54. The highest BCUT2D eigenvalue weighted by Crippen LogP contribution is 2.26. The molecule has 0 fully saturated rings. The maximum atomic E-state index is 12.0. The smallest absolute Gasteiger partial charge is 0.313 e. The molecule has 1 amide bonds. The number of thioether (sulfide) groups is 1. The monoisotopic (exact) mass is 408 g/mol. The van der Waals surface area contributed by atoms with Crippen LogP contribution in [0.3, 0.4) is 0 Å². The van der Waals surface area contributed by atoms with Gasteiger partial charge in [-0.15, -0.1) is 10.2 Å². The van der Waals surface area contributed by atoms with Gasteiger partial charge in [0.15, 0.2) is 4.34 Å². The zero-order valence-corrected chi connectivity index (χ0v) is 14.0. The van der Waals surface area contributed by atoms with Crippen molar-refractivity contribution in [3.8, 4) is 0 Å². The molecule has 0 atom stereocenters. The predicted octanol–water partition coefficient (Wildman–Crippen LogP) is 2.78. The highest BCUT2D eigenvalue weighted by atomic mass is 79.9. The van der Waals surface area contributed by atoms with E-state index in [0.29, 0.717) is 8.81 Å². The Hall–Kier alpha value is -1.23. The van der Waals surface area contributed by atoms with Gasteiger partial charge in [-0.1, -0.05) is 34.7 Å². The van der Waals surface area contributed by atoms with Crippen molar-refractivity contribution in [3.05, 3.63) is 27.5 Å². The van der Waals surface area contributed by atoms with Crippen LogP contribution in [-0.2, 0) is 4.79 Å². The van der Waals surface area contributed by atoms with E-state index in [9.17, 15) is 9.59 Å². The van der Waals surface area contributed by atoms with Gasteiger partial charge in [0, 0.05) is 10.7 Å². The maximum Gasteiger partial charge on any atom is 0.313 e. The number of carboxylic acids is 1. The van der Waals surface area contributed by atoms with Crippen LogP contribution in [0, 0.1) is 0 Å². The van der Waals surface area contributed by atoms with Crippen molar-refractivity contribution in [3.63, 3.8) is 0 Å². The minimum absolute atomic E-state index is 0.0701. The van der Waals surface area contributed by atoms with Crippen molar-refractivity contribution in [2.45, 2.75) is 4.34 Å². The maximum absolute atomic E-state index is 12.0. The number of halogens is 2. The molecule has 0 radical (unpaired) electrons. The molecule has 0 aliphatic carbocycles. The first-order chi connectivity index (χ1) is 9.95. The summed E-state index contributed by atoms with van der Waals surface area (Å²) in [5.41, 5.74) is 0.195. The van der Waals surface area contributed by atoms with E-state index in [1.807, 2.05) is 0 Å². The molecule has 2 aromatic heterocycles. The molecular formula is C10H6BrClN4O3S2. The standard InChI is InChI=1S/C10H6BrClN4O3S2/c11-4-1-5(7(12)13-2-4)8(19)14-9-15-16-10(21-9)20-3-6(17)18/h1-2H,3H2,(H,17,18)(H,14,15,19). The number of rotatable bonds is 5. The third kappa shape index (κ3) is 4.63. The molecule has 2 rings (SSSR count). The number of nitrogens with one attached hydrogen (secondary N) is 1. The minimum atomic E-state index is -0.951. The van der Waals surface area contributed by atoms with Crippen LogP contribution in [0.4, 0.5) is 5.13 Å². The molecule has 11 heteroatoms. The van der Waals surface area contributed by atoms with E-state index >= 15 is 0 Å². The molecule has 0 aliphatic heterocycles. The van der Waals surface area contributed by atoms with Gasteiger partial charge in [-0.3, -0.25) is 14.9 Å². The zero-order valence-electron chi connectivity index (χ0n) is 10.0. The lowest BCUT2D eigenvalue weighted by molar-refractivity contribution is -0.133. The quantitative estimate of drug-likeness (QED) is 0.444. The van der Waals surface area contributed by atoms with Gasteiger partial charge >= 0.3 is 5.97 Å². The van der Waals surface area contributed by atoms with E-state index in [1.165, 1.54) is 12.3 Å². The van der Waals surface area contributed by atoms with Crippen LogP contribution in [0.1, 0.15) is 10.4 Å². The predicted molar refractivity (Wildman–Crippen MR) is 83.2 cm³/mol. The van der Waals surface area contributed by atoms with E-state index in [2.05, 4.69) is 36.4 Å². The molecule has 0 saturated carbocycles. The Labute approximate surface area is 140 Å². The van der Waals surface area contributed by atoms with Crippen molar-refractivity contribution in [1.82, 2.24) is 15.2 Å². The third-order valence-corrected chi connectivity index (χ3v) is 4.69. The first-order valence-corrected chi connectivity index (χ1v) is 8.23. The summed E-state index contributed by atoms with van der Waals surface area (Å²) in [6.45, 7) is 0. The molecule has 21 heavy (non-hydrogen) atoms. The second-order valence-corrected chi connectivity index (χ2v) is 6.98. The molecule has 0 unspecified atom stereocenters. The Bertz CT molecular complexity index is 697. The van der Waals surface area contributed by atoms with E-state index in [-0.39, 0.29) is 21.6 Å². The Morgan fingerprint density at radius 3 is 2.95 bits per heavy atom. The number of aromatic nitrogens is 3. The summed E-state index contributed by atoms with van der Waals surface area (Å²) in [7, 11) is 0. The lowest BCUT2D eigenvalue weighted by Gasteiger charge is -2.03. The van der Waals surface area contributed by atoms with Crippen LogP contribution in [0.25, 0.3) is 0 Å². The normalized spacial score (nSPS) is 10.4. The number of carbonyl (C=O) groups is 2. The average molecular weight is 410 g/mol. The van der Waals surface area contributed by atoms with E-state index < -0.39 is 11.9 Å². The van der Waals surface area contributed by atoms with Crippen molar-refractivity contribution in [2.75, 3.05) is 11.1 Å². The van der Waals surface area contributed by atoms with Crippen LogP contribution in [-0.4, -0.2) is 37.9 Å². The van der Waals surface area contributed by atoms with Crippen molar-refractivity contribution < 1.29 is 14.7 Å². The molecule has 0 aliphatic rings. The summed E-state index contributed by atoms with van der Waals surface area (Å²) < 4.78 is 1.07. The first kappa shape index (κ1) is 16.1. The van der Waals surface area contributed by atoms with Crippen LogP contribution in [0.15, 0.2) is 21.1 Å². The fourth-order valence-corrected chi connectivity index (χ4v) is 3.18. The van der Waals surface area contributed by atoms with Crippen LogP contribution in [0.5, 0.6) is 0 Å². The van der Waals surface area contributed by atoms with Crippen molar-refractivity contribution >= 4 is 67.6 Å². The summed E-state index contributed by atoms with van der Waals surface area (Å²) in [6.07, 6.45) is 1.48. The molecule has 2 N–H and O–H groups in total. The van der Waals surface area contributed by atoms with Gasteiger partial charge < -0.3 is 5.11 Å². The van der Waals surface area contributed by atoms with Gasteiger partial charge in [-0.25, -0.2) is 4.98 Å². The first-order valence-electron chi connectivity index (χ1n) is 5.26. The number of hydrogen-bond donors (Lipinski definition) is 2. The van der Waals surface area contributed by atoms with E-state index in [4.69, 9.17) is 16.7 Å². The number of pyridine rings is 1. The molecule has 110 valence electrons. The fraction of sp³-hybridized carbons (Fsp3) is 0.100. The highest BCUT2D eigenvalue weighted by molar-refractivity contribution is 9.10. The summed E-state index contributed by atoms with van der Waals surface area (Å²) in [6, 6.07) is 1.53. The molecule has 7 nitrogen and oxygen atoms in total. The summed E-state index contributed by atoms with van der Waals surface area (Å²) in [5, 5.41) is 19.0. The van der Waals surface area contributed by atoms with Gasteiger partial charge in [0.05, 0.1) is 11.3 Å². The fourth-order valence-electron chi connectivity index (χ4n) is 1.19. The van der Waals surface area contributed by atoms with Gasteiger partial charge in [0.2, 0.25) is 5.13 Å². The largest absolute Gasteiger partial charge is 0.481 e. The number of aliphatic carboxylic acids is 1. The second kappa shape index (κ2) is 7.16. The van der Waals surface area contributed by atoms with Crippen molar-refractivity contribution in [2.24, 2.45) is 0 Å². The van der Waals surface area contributed by atoms with Crippen LogP contribution < -0.4 is 5.32 Å². The lowest BCUT2D eigenvalue weighted by Crippen LogP contribution is -2.12. The number of nitrogens with zero attached hydrogens (tertiary/aromatic N) is 3. The number of anilines is 1. The molecule has 0 aromatic carbocycles. The molecule has 0 spiro atoms. The zero-order chi connectivity index (χ0) is 15.4. The third-order valence-electron chi connectivity index (χ3n) is 2.00. The molecule has 0 bridgehead atoms. The van der Waals surface area contributed by atoms with Crippen molar-refractivity contribution in [1.29, 1.82) is 0 Å². The highest BCUT2D eigenvalue weighted by Gasteiger charge is 2.15. The number of amides is 1.